The summed E-state index contributed by atoms with van der Waals surface area (Å²) in [4.78, 5) is 49.8. The van der Waals surface area contributed by atoms with Crippen LogP contribution < -0.4 is 10.2 Å². The number of ether oxygens (including phenoxy) is 2. The fourth-order valence-electron chi connectivity index (χ4n) is 2.98. The zero-order valence-corrected chi connectivity index (χ0v) is 17.5. The molecule has 0 aromatic heterocycles. The van der Waals surface area contributed by atoms with Crippen LogP contribution in [0.1, 0.15) is 43.5 Å². The molecule has 0 spiro atoms. The van der Waals surface area contributed by atoms with Crippen LogP contribution in [0.3, 0.4) is 0 Å². The van der Waals surface area contributed by atoms with Crippen LogP contribution in [0, 0.1) is 5.92 Å². The summed E-state index contributed by atoms with van der Waals surface area (Å²) in [5, 5.41) is 2.88. The average Bonchev–Trinajstić information content (AvgIpc) is 3.15. The number of rotatable bonds is 8. The Kier molecular flexibility index (Phi) is 8.01. The lowest BCUT2D eigenvalue weighted by Gasteiger charge is -2.21. The predicted molar refractivity (Wildman–Crippen MR) is 107 cm³/mol. The van der Waals surface area contributed by atoms with Crippen LogP contribution in [0.4, 0.5) is 5.69 Å². The van der Waals surface area contributed by atoms with Crippen LogP contribution in [0.15, 0.2) is 18.2 Å². The number of anilines is 1. The van der Waals surface area contributed by atoms with Crippen molar-refractivity contribution in [3.8, 4) is 0 Å². The van der Waals surface area contributed by atoms with E-state index in [1.54, 1.807) is 0 Å². The number of carbonyl (C=O) groups is 4. The van der Waals surface area contributed by atoms with E-state index in [9.17, 15) is 19.2 Å². The number of nitrogens with one attached hydrogen (secondary N) is 1. The van der Waals surface area contributed by atoms with Gasteiger partial charge in [0.1, 0.15) is 6.04 Å². The van der Waals surface area contributed by atoms with Gasteiger partial charge in [0.15, 0.2) is 6.61 Å². The van der Waals surface area contributed by atoms with Crippen molar-refractivity contribution in [2.24, 2.45) is 5.92 Å². The van der Waals surface area contributed by atoms with Crippen LogP contribution in [0.5, 0.6) is 0 Å². The van der Waals surface area contributed by atoms with Gasteiger partial charge in [0.2, 0.25) is 5.91 Å². The smallest absolute Gasteiger partial charge is 0.338 e. The minimum absolute atomic E-state index is 0.0595. The van der Waals surface area contributed by atoms with Crippen LogP contribution in [-0.2, 0) is 23.9 Å². The largest absolute Gasteiger partial charge is 0.467 e. The molecular weight excluding hydrogens is 400 g/mol. The number of hydrogen-bond donors (Lipinski definition) is 1. The Labute approximate surface area is 174 Å². The first-order chi connectivity index (χ1) is 13.8. The molecule has 0 saturated carbocycles. The summed E-state index contributed by atoms with van der Waals surface area (Å²) in [5.74, 6) is -2.10. The third-order valence-corrected chi connectivity index (χ3v) is 5.18. The monoisotopic (exact) mass is 424 g/mol. The summed E-state index contributed by atoms with van der Waals surface area (Å²) in [6.45, 7) is 3.67. The molecule has 2 rings (SSSR count). The molecule has 1 aliphatic rings. The van der Waals surface area contributed by atoms with Gasteiger partial charge in [0, 0.05) is 13.0 Å². The number of benzene rings is 1. The summed E-state index contributed by atoms with van der Waals surface area (Å²) >= 11 is 6.16. The first-order valence-corrected chi connectivity index (χ1v) is 9.80. The maximum atomic E-state index is 12.3. The zero-order valence-electron chi connectivity index (χ0n) is 16.7. The van der Waals surface area contributed by atoms with Crippen molar-refractivity contribution in [3.63, 3.8) is 0 Å². The van der Waals surface area contributed by atoms with Crippen molar-refractivity contribution in [1.82, 2.24) is 5.32 Å². The number of hydrogen-bond acceptors (Lipinski definition) is 6. The maximum absolute atomic E-state index is 12.3. The molecule has 2 amide bonds. The van der Waals surface area contributed by atoms with E-state index in [1.165, 1.54) is 30.2 Å². The number of esters is 2. The Bertz CT molecular complexity index is 797. The summed E-state index contributed by atoms with van der Waals surface area (Å²) < 4.78 is 9.76. The number of amides is 2. The molecule has 158 valence electrons. The molecule has 0 unspecified atom stereocenters. The molecule has 1 aliphatic heterocycles. The number of halogens is 1. The highest BCUT2D eigenvalue weighted by Gasteiger charge is 2.27. The lowest BCUT2D eigenvalue weighted by Crippen LogP contribution is -2.47. The molecule has 8 nitrogen and oxygen atoms in total. The maximum Gasteiger partial charge on any atom is 0.338 e. The van der Waals surface area contributed by atoms with Crippen LogP contribution in [0.2, 0.25) is 5.02 Å². The van der Waals surface area contributed by atoms with Gasteiger partial charge in [-0.25, -0.2) is 9.59 Å². The molecule has 0 bridgehead atoms. The first kappa shape index (κ1) is 22.7. The van der Waals surface area contributed by atoms with Gasteiger partial charge < -0.3 is 19.7 Å². The molecule has 1 saturated heterocycles. The highest BCUT2D eigenvalue weighted by atomic mass is 35.5. The molecule has 1 fully saturated rings. The Morgan fingerprint density at radius 3 is 2.62 bits per heavy atom. The van der Waals surface area contributed by atoms with Crippen molar-refractivity contribution in [3.05, 3.63) is 28.8 Å². The SMILES string of the molecule is CC[C@H](C)[C@H](NC(=O)COC(=O)c1ccc(Cl)c(N2CCCC2=O)c1)C(=O)OC. The van der Waals surface area contributed by atoms with Crippen LogP contribution in [0.25, 0.3) is 0 Å². The summed E-state index contributed by atoms with van der Waals surface area (Å²) in [5.41, 5.74) is 0.610. The highest BCUT2D eigenvalue weighted by Crippen LogP contribution is 2.30. The highest BCUT2D eigenvalue weighted by molar-refractivity contribution is 6.34. The van der Waals surface area contributed by atoms with E-state index in [1.807, 2.05) is 13.8 Å². The number of nitrogens with zero attached hydrogens (tertiary/aromatic N) is 1. The molecule has 1 aromatic carbocycles. The van der Waals surface area contributed by atoms with Crippen LogP contribution >= 0.6 is 11.6 Å². The second kappa shape index (κ2) is 10.2. The fourth-order valence-corrected chi connectivity index (χ4v) is 3.19. The second-order valence-electron chi connectivity index (χ2n) is 6.85. The van der Waals surface area contributed by atoms with Crippen molar-refractivity contribution >= 4 is 41.0 Å². The Balaban J connectivity index is 2.00. The summed E-state index contributed by atoms with van der Waals surface area (Å²) in [6, 6.07) is 3.63. The zero-order chi connectivity index (χ0) is 21.6. The summed E-state index contributed by atoms with van der Waals surface area (Å²) in [6.07, 6.45) is 1.81. The lowest BCUT2D eigenvalue weighted by molar-refractivity contribution is -0.147. The van der Waals surface area contributed by atoms with Gasteiger partial charge in [-0.05, 0) is 30.5 Å². The standard InChI is InChI=1S/C20H25ClN2O6/c1-4-12(2)18(20(27)28-3)22-16(24)11-29-19(26)13-7-8-14(21)15(10-13)23-9-5-6-17(23)25/h7-8,10,12,18H,4-6,9,11H2,1-3H3,(H,22,24)/t12-,18-/m0/s1. The molecule has 1 heterocycles. The first-order valence-electron chi connectivity index (χ1n) is 9.42. The van der Waals surface area contributed by atoms with E-state index in [2.05, 4.69) is 5.32 Å². The molecular formula is C20H25ClN2O6. The van der Waals surface area contributed by atoms with Crippen molar-refractivity contribution in [1.29, 1.82) is 0 Å². The molecule has 1 aromatic rings. The van der Waals surface area contributed by atoms with E-state index in [-0.39, 0.29) is 17.4 Å². The lowest BCUT2D eigenvalue weighted by atomic mass is 9.99. The Hall–Kier alpha value is -2.61. The van der Waals surface area contributed by atoms with Gasteiger partial charge in [-0.1, -0.05) is 31.9 Å². The van der Waals surface area contributed by atoms with E-state index in [0.717, 1.165) is 6.42 Å². The minimum Gasteiger partial charge on any atom is -0.467 e. The van der Waals surface area contributed by atoms with E-state index >= 15 is 0 Å². The van der Waals surface area contributed by atoms with Gasteiger partial charge in [0.05, 0.1) is 23.4 Å². The Morgan fingerprint density at radius 1 is 1.31 bits per heavy atom. The molecule has 0 aliphatic carbocycles. The third-order valence-electron chi connectivity index (χ3n) is 4.87. The average molecular weight is 425 g/mol. The minimum atomic E-state index is -0.820. The van der Waals surface area contributed by atoms with Crippen molar-refractivity contribution < 1.29 is 28.7 Å². The van der Waals surface area contributed by atoms with Gasteiger partial charge in [-0.15, -0.1) is 0 Å². The molecule has 9 heteroatoms. The molecule has 0 radical (unpaired) electrons. The van der Waals surface area contributed by atoms with Crippen molar-refractivity contribution in [2.45, 2.75) is 39.2 Å². The molecule has 2 atom stereocenters. The predicted octanol–water partition coefficient (Wildman–Crippen LogP) is 2.33. The number of methoxy groups -OCH3 is 1. The van der Waals surface area contributed by atoms with Gasteiger partial charge in [0.25, 0.3) is 5.91 Å². The third kappa shape index (κ3) is 5.69. The normalized spacial score (nSPS) is 15.6. The number of carbonyl (C=O) groups excluding carboxylic acids is 4. The van der Waals surface area contributed by atoms with Gasteiger partial charge in [-0.3, -0.25) is 9.59 Å². The summed E-state index contributed by atoms with van der Waals surface area (Å²) in [7, 11) is 1.24. The molecule has 29 heavy (non-hydrogen) atoms. The Morgan fingerprint density at radius 2 is 2.03 bits per heavy atom. The van der Waals surface area contributed by atoms with Gasteiger partial charge in [-0.2, -0.15) is 0 Å². The fraction of sp³-hybridized carbons (Fsp3) is 0.500. The van der Waals surface area contributed by atoms with E-state index < -0.39 is 30.5 Å². The van der Waals surface area contributed by atoms with Crippen molar-refractivity contribution in [2.75, 3.05) is 25.2 Å². The molecule has 1 N–H and O–H groups in total. The van der Waals surface area contributed by atoms with E-state index in [4.69, 9.17) is 21.1 Å². The van der Waals surface area contributed by atoms with Gasteiger partial charge >= 0.3 is 11.9 Å². The van der Waals surface area contributed by atoms with E-state index in [0.29, 0.717) is 30.1 Å². The quantitative estimate of drug-likeness (QED) is 0.642. The topological polar surface area (TPSA) is 102 Å². The van der Waals surface area contributed by atoms with Crippen LogP contribution in [-0.4, -0.2) is 50.1 Å². The second-order valence-corrected chi connectivity index (χ2v) is 7.25.